The van der Waals surface area contributed by atoms with Gasteiger partial charge in [0.05, 0.1) is 12.0 Å². The first-order chi connectivity index (χ1) is 18.1. The van der Waals surface area contributed by atoms with Gasteiger partial charge in [0.25, 0.3) is 0 Å². The topological polar surface area (TPSA) is 96.2 Å². The standard InChI is InChI=1S/C30H44N4O4/c1-5-10-32-11-13-33(14-12-32)20-8-9-21(28(31)36)22(15-20)23(16-30(2,3)4)29(37)34-17-24(19-6-7-19)27-26(34)25(35)18-38-27/h8-9,15,19,23-24,26-27H,5-7,10-14,16-18H2,1-4H3,(H2,31,36)/t23-,24-,26+,27+/m0/s1. The molecule has 5 rings (SSSR count). The molecule has 208 valence electrons. The summed E-state index contributed by atoms with van der Waals surface area (Å²) < 4.78 is 5.93. The number of nitrogens with two attached hydrogens (primary N) is 1. The molecule has 3 saturated heterocycles. The van der Waals surface area contributed by atoms with E-state index >= 15 is 0 Å². The summed E-state index contributed by atoms with van der Waals surface area (Å²) in [7, 11) is 0. The third-order valence-corrected chi connectivity index (χ3v) is 8.80. The number of amides is 2. The zero-order valence-corrected chi connectivity index (χ0v) is 23.4. The van der Waals surface area contributed by atoms with Crippen molar-refractivity contribution in [2.45, 2.75) is 71.4 Å². The Bertz CT molecular complexity index is 1070. The van der Waals surface area contributed by atoms with Gasteiger partial charge in [-0.15, -0.1) is 0 Å². The van der Waals surface area contributed by atoms with E-state index in [1.165, 1.54) is 0 Å². The molecule has 1 aromatic carbocycles. The Balaban J connectivity index is 1.48. The Morgan fingerprint density at radius 3 is 2.45 bits per heavy atom. The molecule has 1 saturated carbocycles. The summed E-state index contributed by atoms with van der Waals surface area (Å²) in [5, 5.41) is 0. The first kappa shape index (κ1) is 27.1. The Kier molecular flexibility index (Phi) is 7.57. The third-order valence-electron chi connectivity index (χ3n) is 8.80. The molecule has 2 N–H and O–H groups in total. The molecule has 38 heavy (non-hydrogen) atoms. The number of carbonyl (C=O) groups is 3. The van der Waals surface area contributed by atoms with E-state index in [2.05, 4.69) is 37.5 Å². The maximum Gasteiger partial charge on any atom is 0.249 e. The van der Waals surface area contributed by atoms with Crippen molar-refractivity contribution in [1.29, 1.82) is 0 Å². The van der Waals surface area contributed by atoms with E-state index in [1.54, 1.807) is 11.0 Å². The molecule has 2 amide bonds. The molecular weight excluding hydrogens is 480 g/mol. The highest BCUT2D eigenvalue weighted by Gasteiger charge is 2.56. The summed E-state index contributed by atoms with van der Waals surface area (Å²) in [6, 6.07) is 5.25. The molecule has 4 fully saturated rings. The number of ketones is 1. The third kappa shape index (κ3) is 5.48. The first-order valence-corrected chi connectivity index (χ1v) is 14.4. The molecule has 4 atom stereocenters. The van der Waals surface area contributed by atoms with E-state index in [0.29, 0.717) is 30.0 Å². The summed E-state index contributed by atoms with van der Waals surface area (Å²) in [4.78, 5) is 46.6. The molecule has 1 aliphatic carbocycles. The van der Waals surface area contributed by atoms with Crippen LogP contribution < -0.4 is 10.6 Å². The monoisotopic (exact) mass is 524 g/mol. The molecule has 3 aliphatic heterocycles. The van der Waals surface area contributed by atoms with Gasteiger partial charge in [0, 0.05) is 49.9 Å². The van der Waals surface area contributed by atoms with Gasteiger partial charge in [-0.25, -0.2) is 0 Å². The second kappa shape index (κ2) is 10.6. The van der Waals surface area contributed by atoms with Gasteiger partial charge in [-0.05, 0) is 67.3 Å². The van der Waals surface area contributed by atoms with Crippen LogP contribution in [0.4, 0.5) is 5.69 Å². The summed E-state index contributed by atoms with van der Waals surface area (Å²) in [6.45, 7) is 14.1. The fourth-order valence-electron chi connectivity index (χ4n) is 6.81. The zero-order valence-electron chi connectivity index (χ0n) is 23.4. The smallest absolute Gasteiger partial charge is 0.249 e. The van der Waals surface area contributed by atoms with Crippen LogP contribution in [0.5, 0.6) is 0 Å². The largest absolute Gasteiger partial charge is 0.369 e. The maximum absolute atomic E-state index is 14.4. The summed E-state index contributed by atoms with van der Waals surface area (Å²) in [5.74, 6) is -0.429. The Labute approximate surface area is 226 Å². The Morgan fingerprint density at radius 2 is 1.84 bits per heavy atom. The van der Waals surface area contributed by atoms with Crippen LogP contribution in [0.1, 0.15) is 75.2 Å². The SMILES string of the molecule is CCCN1CCN(c2ccc(C(N)=O)c([C@H](CC(C)(C)C)C(=O)N3C[C@@H](C4CC4)[C@H]4OCC(=O)[C@H]43)c2)CC1. The fraction of sp³-hybridized carbons (Fsp3) is 0.700. The van der Waals surface area contributed by atoms with E-state index in [9.17, 15) is 14.4 Å². The van der Waals surface area contributed by atoms with Crippen LogP contribution in [0.25, 0.3) is 0 Å². The van der Waals surface area contributed by atoms with Crippen molar-refractivity contribution in [3.8, 4) is 0 Å². The Morgan fingerprint density at radius 1 is 1.13 bits per heavy atom. The number of ether oxygens (including phenoxy) is 1. The van der Waals surface area contributed by atoms with Crippen LogP contribution in [0.2, 0.25) is 0 Å². The van der Waals surface area contributed by atoms with Gasteiger partial charge in [0.1, 0.15) is 12.6 Å². The van der Waals surface area contributed by atoms with Gasteiger partial charge in [0.2, 0.25) is 11.8 Å². The van der Waals surface area contributed by atoms with E-state index in [-0.39, 0.29) is 35.7 Å². The number of anilines is 1. The quantitative estimate of drug-likeness (QED) is 0.562. The van der Waals surface area contributed by atoms with Crippen LogP contribution in [-0.2, 0) is 14.3 Å². The number of nitrogens with zero attached hydrogens (tertiary/aromatic N) is 3. The molecule has 0 radical (unpaired) electrons. The highest BCUT2D eigenvalue weighted by molar-refractivity contribution is 5.99. The van der Waals surface area contributed by atoms with Gasteiger partial charge >= 0.3 is 0 Å². The number of benzene rings is 1. The highest BCUT2D eigenvalue weighted by atomic mass is 16.5. The zero-order chi connectivity index (χ0) is 27.2. The van der Waals surface area contributed by atoms with E-state index in [0.717, 1.165) is 57.7 Å². The fourth-order valence-corrected chi connectivity index (χ4v) is 6.81. The summed E-state index contributed by atoms with van der Waals surface area (Å²) in [5.41, 5.74) is 7.78. The molecule has 8 heteroatoms. The molecule has 0 aromatic heterocycles. The molecule has 3 heterocycles. The van der Waals surface area contributed by atoms with Crippen molar-refractivity contribution in [1.82, 2.24) is 9.80 Å². The minimum absolute atomic E-state index is 0.00478. The number of fused-ring (bicyclic) bond motifs is 1. The summed E-state index contributed by atoms with van der Waals surface area (Å²) in [6.07, 6.45) is 3.77. The molecule has 1 aromatic rings. The number of rotatable bonds is 8. The average molecular weight is 525 g/mol. The predicted molar refractivity (Wildman–Crippen MR) is 147 cm³/mol. The Hall–Kier alpha value is -2.45. The van der Waals surface area contributed by atoms with E-state index in [4.69, 9.17) is 10.5 Å². The van der Waals surface area contributed by atoms with Crippen molar-refractivity contribution in [2.24, 2.45) is 23.0 Å². The number of likely N-dealkylation sites (tertiary alicyclic amines) is 1. The number of piperazine rings is 1. The van der Waals surface area contributed by atoms with Crippen LogP contribution in [0.3, 0.4) is 0 Å². The van der Waals surface area contributed by atoms with Gasteiger partial charge < -0.3 is 20.3 Å². The van der Waals surface area contributed by atoms with Crippen molar-refractivity contribution in [3.05, 3.63) is 29.3 Å². The number of hydrogen-bond acceptors (Lipinski definition) is 6. The second-order valence-corrected chi connectivity index (χ2v) is 13.0. The van der Waals surface area contributed by atoms with Crippen molar-refractivity contribution in [3.63, 3.8) is 0 Å². The number of Topliss-reactive ketones (excluding diaryl/α,β-unsaturated/α-hetero) is 1. The van der Waals surface area contributed by atoms with Gasteiger partial charge in [-0.1, -0.05) is 27.7 Å². The lowest BCUT2D eigenvalue weighted by molar-refractivity contribution is -0.138. The van der Waals surface area contributed by atoms with E-state index in [1.807, 2.05) is 12.1 Å². The molecule has 0 bridgehead atoms. The predicted octanol–water partition coefficient (Wildman–Crippen LogP) is 3.04. The average Bonchev–Trinajstić information content (AvgIpc) is 3.54. The minimum atomic E-state index is -0.564. The van der Waals surface area contributed by atoms with Crippen LogP contribution >= 0.6 is 0 Å². The van der Waals surface area contributed by atoms with Gasteiger partial charge in [-0.3, -0.25) is 19.3 Å². The molecule has 4 aliphatic rings. The van der Waals surface area contributed by atoms with Gasteiger partial charge in [0.15, 0.2) is 5.78 Å². The van der Waals surface area contributed by atoms with Crippen LogP contribution in [0.15, 0.2) is 18.2 Å². The second-order valence-electron chi connectivity index (χ2n) is 13.0. The maximum atomic E-state index is 14.4. The summed E-state index contributed by atoms with van der Waals surface area (Å²) >= 11 is 0. The van der Waals surface area contributed by atoms with E-state index < -0.39 is 17.9 Å². The molecular formula is C30H44N4O4. The lowest BCUT2D eigenvalue weighted by atomic mass is 9.79. The van der Waals surface area contributed by atoms with Crippen LogP contribution in [0, 0.1) is 17.3 Å². The van der Waals surface area contributed by atoms with Crippen molar-refractivity contribution < 1.29 is 19.1 Å². The first-order valence-electron chi connectivity index (χ1n) is 14.4. The molecule has 0 unspecified atom stereocenters. The highest BCUT2D eigenvalue weighted by Crippen LogP contribution is 2.47. The number of hydrogen-bond donors (Lipinski definition) is 1. The van der Waals surface area contributed by atoms with Gasteiger partial charge in [-0.2, -0.15) is 0 Å². The van der Waals surface area contributed by atoms with Crippen molar-refractivity contribution in [2.75, 3.05) is 50.8 Å². The number of carbonyl (C=O) groups excluding carboxylic acids is 3. The lowest BCUT2D eigenvalue weighted by Crippen LogP contribution is -2.46. The molecule has 0 spiro atoms. The number of primary amides is 1. The van der Waals surface area contributed by atoms with Crippen LogP contribution in [-0.4, -0.2) is 85.4 Å². The van der Waals surface area contributed by atoms with Crippen molar-refractivity contribution >= 4 is 23.3 Å². The molecule has 8 nitrogen and oxygen atoms in total. The lowest BCUT2D eigenvalue weighted by Gasteiger charge is -2.37. The minimum Gasteiger partial charge on any atom is -0.369 e. The normalized spacial score (nSPS) is 27.1.